The lowest BCUT2D eigenvalue weighted by molar-refractivity contribution is -0.132. The Labute approximate surface area is 216 Å². The molecule has 11 heteroatoms. The van der Waals surface area contributed by atoms with Crippen molar-refractivity contribution < 1.29 is 18.8 Å². The number of piperazine rings is 1. The minimum atomic E-state index is -1.20. The van der Waals surface area contributed by atoms with Gasteiger partial charge in [0.05, 0.1) is 6.54 Å². The summed E-state index contributed by atoms with van der Waals surface area (Å²) in [6.45, 7) is 10.9. The van der Waals surface area contributed by atoms with Crippen molar-refractivity contribution in [3.63, 3.8) is 0 Å². The second-order valence-electron chi connectivity index (χ2n) is 9.90. The molecule has 3 heterocycles. The molecule has 1 fully saturated rings. The number of hydrogen-bond acceptors (Lipinski definition) is 6. The SMILES string of the molecule is CCN1CCN(CCCNC(=O)c2cc3n(n2)C[C@@](C)(C(=O)NCc2ccc(F)cc2)N(C)C3=O)CC1. The monoisotopic (exact) mass is 513 g/mol. The summed E-state index contributed by atoms with van der Waals surface area (Å²) < 4.78 is 14.6. The summed E-state index contributed by atoms with van der Waals surface area (Å²) in [5, 5.41) is 10.1. The Morgan fingerprint density at radius 3 is 2.43 bits per heavy atom. The van der Waals surface area contributed by atoms with Crippen molar-refractivity contribution in [2.24, 2.45) is 0 Å². The second kappa shape index (κ2) is 11.4. The predicted octanol–water partition coefficient (Wildman–Crippen LogP) is 0.940. The summed E-state index contributed by atoms with van der Waals surface area (Å²) in [6, 6.07) is 7.33. The Morgan fingerprint density at radius 2 is 1.76 bits per heavy atom. The fourth-order valence-corrected chi connectivity index (χ4v) is 4.74. The molecule has 0 unspecified atom stereocenters. The molecule has 0 spiro atoms. The first-order chi connectivity index (χ1) is 17.7. The van der Waals surface area contributed by atoms with Gasteiger partial charge in [0, 0.05) is 52.4 Å². The number of halogens is 1. The highest BCUT2D eigenvalue weighted by Gasteiger charge is 2.46. The first-order valence-electron chi connectivity index (χ1n) is 12.8. The van der Waals surface area contributed by atoms with Crippen LogP contribution in [0.3, 0.4) is 0 Å². The smallest absolute Gasteiger partial charge is 0.272 e. The summed E-state index contributed by atoms with van der Waals surface area (Å²) in [4.78, 5) is 45.1. The number of hydrogen-bond donors (Lipinski definition) is 2. The number of nitrogens with zero attached hydrogens (tertiary/aromatic N) is 5. The van der Waals surface area contributed by atoms with Crippen molar-refractivity contribution in [3.8, 4) is 0 Å². The zero-order valence-electron chi connectivity index (χ0n) is 21.8. The number of likely N-dealkylation sites (N-methyl/N-ethyl adjacent to an activating group) is 2. The van der Waals surface area contributed by atoms with Gasteiger partial charge in [0.25, 0.3) is 11.8 Å². The molecule has 0 radical (unpaired) electrons. The maximum absolute atomic E-state index is 13.1. The van der Waals surface area contributed by atoms with E-state index in [9.17, 15) is 18.8 Å². The van der Waals surface area contributed by atoms with Gasteiger partial charge in [-0.2, -0.15) is 5.10 Å². The molecule has 4 rings (SSSR count). The minimum Gasteiger partial charge on any atom is -0.351 e. The number of benzene rings is 1. The number of carbonyl (C=O) groups is 3. The summed E-state index contributed by atoms with van der Waals surface area (Å²) in [7, 11) is 1.57. The summed E-state index contributed by atoms with van der Waals surface area (Å²) in [5.41, 5.74) is -0.0364. The number of aromatic nitrogens is 2. The van der Waals surface area contributed by atoms with Gasteiger partial charge in [0.15, 0.2) is 5.69 Å². The van der Waals surface area contributed by atoms with E-state index in [1.807, 2.05) is 0 Å². The molecule has 0 aliphatic carbocycles. The molecule has 37 heavy (non-hydrogen) atoms. The molecular formula is C26H36FN7O3. The molecule has 2 aliphatic rings. The van der Waals surface area contributed by atoms with Crippen molar-refractivity contribution >= 4 is 17.7 Å². The van der Waals surface area contributed by atoms with Crippen LogP contribution in [-0.4, -0.2) is 101 Å². The molecule has 2 N–H and O–H groups in total. The largest absolute Gasteiger partial charge is 0.351 e. The topological polar surface area (TPSA) is 103 Å². The van der Waals surface area contributed by atoms with E-state index < -0.39 is 5.54 Å². The van der Waals surface area contributed by atoms with E-state index in [0.717, 1.165) is 51.3 Å². The van der Waals surface area contributed by atoms with Crippen LogP contribution in [0.15, 0.2) is 30.3 Å². The van der Waals surface area contributed by atoms with Gasteiger partial charge in [0.1, 0.15) is 17.1 Å². The van der Waals surface area contributed by atoms with Crippen LogP contribution in [-0.2, 0) is 17.9 Å². The summed E-state index contributed by atoms with van der Waals surface area (Å²) in [5.74, 6) is -1.44. The van der Waals surface area contributed by atoms with Gasteiger partial charge in [-0.3, -0.25) is 19.1 Å². The van der Waals surface area contributed by atoms with Gasteiger partial charge in [0.2, 0.25) is 5.91 Å². The van der Waals surface area contributed by atoms with E-state index in [1.165, 1.54) is 27.8 Å². The first kappa shape index (κ1) is 26.7. The number of fused-ring (bicyclic) bond motifs is 1. The maximum Gasteiger partial charge on any atom is 0.272 e. The van der Waals surface area contributed by atoms with Crippen molar-refractivity contribution in [1.82, 2.24) is 35.1 Å². The third-order valence-electron chi connectivity index (χ3n) is 7.44. The van der Waals surface area contributed by atoms with Crippen molar-refractivity contribution in [2.75, 3.05) is 52.9 Å². The summed E-state index contributed by atoms with van der Waals surface area (Å²) >= 11 is 0. The van der Waals surface area contributed by atoms with E-state index in [4.69, 9.17) is 0 Å². The van der Waals surface area contributed by atoms with Gasteiger partial charge < -0.3 is 25.3 Å². The predicted molar refractivity (Wildman–Crippen MR) is 136 cm³/mol. The Balaban J connectivity index is 1.32. The third kappa shape index (κ3) is 5.99. The second-order valence-corrected chi connectivity index (χ2v) is 9.90. The standard InChI is InChI=1S/C26H36FN7O3/c1-4-32-12-14-33(15-13-32)11-5-10-28-23(35)21-16-22-24(36)31(3)26(2,18-34(22)30-21)25(37)29-17-19-6-8-20(27)9-7-19/h6-9,16H,4-5,10-15,17-18H2,1-3H3,(H,28,35)(H,29,37)/t26-/m0/s1. The highest BCUT2D eigenvalue weighted by Crippen LogP contribution is 2.26. The molecule has 1 atom stereocenters. The Morgan fingerprint density at radius 1 is 1.08 bits per heavy atom. The Hall–Kier alpha value is -3.31. The molecule has 3 amide bonds. The van der Waals surface area contributed by atoms with Gasteiger partial charge >= 0.3 is 0 Å². The van der Waals surface area contributed by atoms with Gasteiger partial charge in [-0.05, 0) is 44.1 Å². The Bertz CT molecular complexity index is 1130. The molecule has 2 aromatic rings. The average Bonchev–Trinajstić information content (AvgIpc) is 3.33. The van der Waals surface area contributed by atoms with E-state index in [0.29, 0.717) is 6.54 Å². The van der Waals surface area contributed by atoms with Crippen LogP contribution in [0.4, 0.5) is 4.39 Å². The first-order valence-corrected chi connectivity index (χ1v) is 12.8. The molecule has 1 aromatic carbocycles. The minimum absolute atomic E-state index is 0.108. The molecule has 10 nitrogen and oxygen atoms in total. The van der Waals surface area contributed by atoms with Crippen molar-refractivity contribution in [3.05, 3.63) is 53.1 Å². The zero-order chi connectivity index (χ0) is 26.6. The van der Waals surface area contributed by atoms with Crippen molar-refractivity contribution in [2.45, 2.75) is 38.9 Å². The molecule has 1 saturated heterocycles. The van der Waals surface area contributed by atoms with Crippen LogP contribution in [0.5, 0.6) is 0 Å². The van der Waals surface area contributed by atoms with Crippen molar-refractivity contribution in [1.29, 1.82) is 0 Å². The number of nitrogens with one attached hydrogen (secondary N) is 2. The average molecular weight is 514 g/mol. The fourth-order valence-electron chi connectivity index (χ4n) is 4.74. The highest BCUT2D eigenvalue weighted by molar-refractivity contribution is 6.01. The van der Waals surface area contributed by atoms with Crippen LogP contribution in [0, 0.1) is 5.82 Å². The Kier molecular flexibility index (Phi) is 8.23. The fraction of sp³-hybridized carbons (Fsp3) is 0.538. The van der Waals surface area contributed by atoms with Crippen LogP contribution in [0.25, 0.3) is 0 Å². The van der Waals surface area contributed by atoms with Gasteiger partial charge in [-0.25, -0.2) is 4.39 Å². The lowest BCUT2D eigenvalue weighted by Gasteiger charge is -2.40. The zero-order valence-corrected chi connectivity index (χ0v) is 21.8. The number of rotatable bonds is 9. The van der Waals surface area contributed by atoms with Crippen LogP contribution in [0.2, 0.25) is 0 Å². The quantitative estimate of drug-likeness (QED) is 0.484. The van der Waals surface area contributed by atoms with E-state index >= 15 is 0 Å². The third-order valence-corrected chi connectivity index (χ3v) is 7.44. The van der Waals surface area contributed by atoms with Crippen LogP contribution < -0.4 is 10.6 Å². The number of amides is 3. The maximum atomic E-state index is 13.1. The molecular weight excluding hydrogens is 477 g/mol. The molecule has 1 aromatic heterocycles. The van der Waals surface area contributed by atoms with Crippen LogP contribution >= 0.6 is 0 Å². The normalized spacial score (nSPS) is 20.5. The lowest BCUT2D eigenvalue weighted by Crippen LogP contribution is -2.62. The van der Waals surface area contributed by atoms with E-state index in [1.54, 1.807) is 26.1 Å². The molecule has 0 saturated carbocycles. The highest BCUT2D eigenvalue weighted by atomic mass is 19.1. The lowest BCUT2D eigenvalue weighted by atomic mass is 9.96. The van der Waals surface area contributed by atoms with E-state index in [2.05, 4.69) is 32.5 Å². The van der Waals surface area contributed by atoms with Crippen LogP contribution in [0.1, 0.15) is 46.8 Å². The van der Waals surface area contributed by atoms with Gasteiger partial charge in [-0.15, -0.1) is 0 Å². The molecule has 0 bridgehead atoms. The molecule has 200 valence electrons. The number of carbonyl (C=O) groups excluding carboxylic acids is 3. The summed E-state index contributed by atoms with van der Waals surface area (Å²) in [6.07, 6.45) is 0.833. The van der Waals surface area contributed by atoms with Gasteiger partial charge in [-0.1, -0.05) is 19.1 Å². The molecule has 2 aliphatic heterocycles. The van der Waals surface area contributed by atoms with E-state index in [-0.39, 0.29) is 48.0 Å².